The quantitative estimate of drug-likeness (QED) is 0.590. The molecule has 7 nitrogen and oxygen atoms in total. The largest absolute Gasteiger partial charge is 0.481 e. The first kappa shape index (κ1) is 21.7. The van der Waals surface area contributed by atoms with Crippen molar-refractivity contribution in [3.8, 4) is 0 Å². The average molecular weight is 525 g/mol. The Balaban J connectivity index is 1.44. The number of aromatic amines is 1. The number of aliphatic carboxylic acids is 1. The summed E-state index contributed by atoms with van der Waals surface area (Å²) in [6, 6.07) is 5.48. The van der Waals surface area contributed by atoms with Gasteiger partial charge in [-0.3, -0.25) is 24.1 Å². The van der Waals surface area contributed by atoms with Crippen LogP contribution in [0, 0.1) is 29.6 Å². The van der Waals surface area contributed by atoms with Crippen molar-refractivity contribution < 1.29 is 19.5 Å². The maximum absolute atomic E-state index is 13.3. The molecule has 2 aromatic rings. The molecule has 0 spiro atoms. The Morgan fingerprint density at radius 1 is 1.15 bits per heavy atom. The molecule has 4 aliphatic rings. The maximum Gasteiger partial charge on any atom is 0.305 e. The fourth-order valence-corrected chi connectivity index (χ4v) is 9.92. The standard InChI is InChI=1S/C22H18Cl2N2O5S2/c23-10-3-1-2-7(16(10)24)12-13-8-6-9(17(13)32-19-18(12)33-22(31)25-19)15-14(8)20(29)26(21(15)30)5-4-11(27)28/h1-3,8-9,12-15,17H,4-6H2,(H,25,31)(H,27,28). The number of fused-ring (bicyclic) bond motifs is 9. The number of carboxylic acid groups (broad SMARTS) is 1. The van der Waals surface area contributed by atoms with Gasteiger partial charge in [0.25, 0.3) is 0 Å². The van der Waals surface area contributed by atoms with Crippen LogP contribution in [0.1, 0.15) is 29.2 Å². The SMILES string of the molecule is O=C(O)CCN1C(=O)C2C3CC(C2C1=O)C1C(c2cccc(Cl)c2Cl)c2sc(=O)[nH]c2SC31. The third-order valence-electron chi connectivity index (χ3n) is 7.68. The predicted octanol–water partition coefficient (Wildman–Crippen LogP) is 3.69. The molecule has 3 fully saturated rings. The van der Waals surface area contributed by atoms with E-state index in [9.17, 15) is 19.2 Å². The van der Waals surface area contributed by atoms with Crippen molar-refractivity contribution in [3.05, 3.63) is 48.4 Å². The van der Waals surface area contributed by atoms with Gasteiger partial charge >= 0.3 is 10.8 Å². The second-order valence-corrected chi connectivity index (χ2v) is 12.1. The number of nitrogens with one attached hydrogen (secondary N) is 1. The lowest BCUT2D eigenvalue weighted by molar-refractivity contribution is -0.142. The van der Waals surface area contributed by atoms with Gasteiger partial charge in [-0.2, -0.15) is 0 Å². The molecule has 11 heteroatoms. The predicted molar refractivity (Wildman–Crippen MR) is 124 cm³/mol. The van der Waals surface area contributed by atoms with E-state index in [2.05, 4.69) is 4.98 Å². The number of H-pyrrole nitrogens is 1. The number of nitrogens with zero attached hydrogens (tertiary/aromatic N) is 1. The molecule has 7 unspecified atom stereocenters. The molecule has 2 saturated carbocycles. The van der Waals surface area contributed by atoms with E-state index in [0.29, 0.717) is 10.0 Å². The fourth-order valence-electron chi connectivity index (χ4n) is 6.62. The summed E-state index contributed by atoms with van der Waals surface area (Å²) in [5.74, 6) is -2.66. The number of halogens is 2. The summed E-state index contributed by atoms with van der Waals surface area (Å²) < 4.78 is 0. The molecule has 2 N–H and O–H groups in total. The molecule has 6 rings (SSSR count). The number of carboxylic acids is 1. The summed E-state index contributed by atoms with van der Waals surface area (Å²) in [6.07, 6.45) is 0.503. The zero-order valence-electron chi connectivity index (χ0n) is 17.0. The highest BCUT2D eigenvalue weighted by molar-refractivity contribution is 8.00. The smallest absolute Gasteiger partial charge is 0.305 e. The Morgan fingerprint density at radius 2 is 1.88 bits per heavy atom. The number of benzene rings is 1. The zero-order valence-corrected chi connectivity index (χ0v) is 20.1. The van der Waals surface area contributed by atoms with E-state index in [0.717, 1.165) is 38.1 Å². The van der Waals surface area contributed by atoms with E-state index in [1.54, 1.807) is 17.8 Å². The van der Waals surface area contributed by atoms with Crippen molar-refractivity contribution in [1.29, 1.82) is 0 Å². The lowest BCUT2D eigenvalue weighted by Gasteiger charge is -2.43. The summed E-state index contributed by atoms with van der Waals surface area (Å²) in [5.41, 5.74) is 0.833. The van der Waals surface area contributed by atoms with Gasteiger partial charge in [-0.25, -0.2) is 0 Å². The summed E-state index contributed by atoms with van der Waals surface area (Å²) in [4.78, 5) is 54.7. The Kier molecular flexibility index (Phi) is 5.00. The third kappa shape index (κ3) is 3.02. The highest BCUT2D eigenvalue weighted by Crippen LogP contribution is 2.68. The number of likely N-dealkylation sites (tertiary alicyclic amines) is 1. The Labute approximate surface area is 206 Å². The van der Waals surface area contributed by atoms with Gasteiger partial charge in [-0.1, -0.05) is 46.7 Å². The summed E-state index contributed by atoms with van der Waals surface area (Å²) in [6.45, 7) is -0.0911. The zero-order chi connectivity index (χ0) is 23.2. The molecule has 0 radical (unpaired) electrons. The normalized spacial score (nSPS) is 33.9. The first-order chi connectivity index (χ1) is 15.8. The van der Waals surface area contributed by atoms with Crippen LogP contribution in [0.15, 0.2) is 28.0 Å². The molecule has 172 valence electrons. The third-order valence-corrected chi connectivity index (χ3v) is 11.1. The molecular weight excluding hydrogens is 507 g/mol. The minimum absolute atomic E-state index is 0.0155. The Hall–Kier alpha value is -1.81. The van der Waals surface area contributed by atoms with Gasteiger partial charge in [0.1, 0.15) is 0 Å². The van der Waals surface area contributed by atoms with E-state index in [1.807, 2.05) is 12.1 Å². The van der Waals surface area contributed by atoms with E-state index in [1.165, 1.54) is 0 Å². The number of carbonyl (C=O) groups is 3. The fraction of sp³-hybridized carbons (Fsp3) is 0.455. The molecule has 2 bridgehead atoms. The van der Waals surface area contributed by atoms with Crippen molar-refractivity contribution in [2.45, 2.75) is 29.0 Å². The minimum atomic E-state index is -1.04. The minimum Gasteiger partial charge on any atom is -0.481 e. The number of carbonyl (C=O) groups excluding carboxylic acids is 2. The second kappa shape index (κ2) is 7.60. The number of rotatable bonds is 4. The van der Waals surface area contributed by atoms with Gasteiger partial charge < -0.3 is 10.1 Å². The average Bonchev–Trinajstić information content (AvgIpc) is 3.48. The first-order valence-electron chi connectivity index (χ1n) is 10.7. The van der Waals surface area contributed by atoms with Gasteiger partial charge in [0, 0.05) is 22.6 Å². The van der Waals surface area contributed by atoms with Crippen LogP contribution in [-0.4, -0.2) is 44.6 Å². The number of aromatic nitrogens is 1. The highest BCUT2D eigenvalue weighted by atomic mass is 35.5. The number of hydrogen-bond donors (Lipinski definition) is 2. The van der Waals surface area contributed by atoms with Crippen LogP contribution < -0.4 is 4.87 Å². The molecule has 3 heterocycles. The molecule has 1 aromatic carbocycles. The molecule has 2 amide bonds. The number of thioether (sulfide) groups is 1. The molecule has 1 saturated heterocycles. The van der Waals surface area contributed by atoms with Crippen molar-refractivity contribution in [1.82, 2.24) is 9.88 Å². The first-order valence-corrected chi connectivity index (χ1v) is 13.1. The van der Waals surface area contributed by atoms with Crippen molar-refractivity contribution in [2.24, 2.45) is 29.6 Å². The monoisotopic (exact) mass is 524 g/mol. The van der Waals surface area contributed by atoms with E-state index in [-0.39, 0.29) is 58.6 Å². The van der Waals surface area contributed by atoms with Crippen LogP contribution in [0.4, 0.5) is 0 Å². The summed E-state index contributed by atoms with van der Waals surface area (Å²) in [7, 11) is 0. The van der Waals surface area contributed by atoms with Crippen LogP contribution in [0.5, 0.6) is 0 Å². The summed E-state index contributed by atoms with van der Waals surface area (Å²) >= 11 is 15.7. The van der Waals surface area contributed by atoms with Crippen LogP contribution in [0.3, 0.4) is 0 Å². The molecular formula is C22H18Cl2N2O5S2. The van der Waals surface area contributed by atoms with E-state index >= 15 is 0 Å². The maximum atomic E-state index is 13.3. The highest BCUT2D eigenvalue weighted by Gasteiger charge is 2.69. The number of hydrogen-bond acceptors (Lipinski definition) is 6. The van der Waals surface area contributed by atoms with Gasteiger partial charge in [-0.15, -0.1) is 11.8 Å². The molecule has 1 aromatic heterocycles. The van der Waals surface area contributed by atoms with Crippen molar-refractivity contribution in [3.63, 3.8) is 0 Å². The molecule has 2 aliphatic heterocycles. The molecule has 2 aliphatic carbocycles. The van der Waals surface area contributed by atoms with Gasteiger partial charge in [0.2, 0.25) is 11.8 Å². The Morgan fingerprint density at radius 3 is 2.61 bits per heavy atom. The van der Waals surface area contributed by atoms with E-state index in [4.69, 9.17) is 28.3 Å². The topological polar surface area (TPSA) is 108 Å². The summed E-state index contributed by atoms with van der Waals surface area (Å²) in [5, 5.41) is 10.8. The van der Waals surface area contributed by atoms with Crippen LogP contribution in [-0.2, 0) is 14.4 Å². The molecule has 33 heavy (non-hydrogen) atoms. The lowest BCUT2D eigenvalue weighted by atomic mass is 9.68. The Bertz CT molecular complexity index is 1280. The molecule has 7 atom stereocenters. The van der Waals surface area contributed by atoms with Crippen molar-refractivity contribution >= 4 is 64.1 Å². The van der Waals surface area contributed by atoms with Crippen LogP contribution >= 0.6 is 46.3 Å². The van der Waals surface area contributed by atoms with Gasteiger partial charge in [0.15, 0.2) is 0 Å². The van der Waals surface area contributed by atoms with Crippen molar-refractivity contribution in [2.75, 3.05) is 6.54 Å². The number of imide groups is 1. The second-order valence-electron chi connectivity index (χ2n) is 9.08. The number of thiazole rings is 1. The van der Waals surface area contributed by atoms with E-state index < -0.39 is 17.8 Å². The van der Waals surface area contributed by atoms with Gasteiger partial charge in [0.05, 0.1) is 33.3 Å². The number of amides is 2. The lowest BCUT2D eigenvalue weighted by Crippen LogP contribution is -2.42. The van der Waals surface area contributed by atoms with Crippen LogP contribution in [0.25, 0.3) is 0 Å². The van der Waals surface area contributed by atoms with Gasteiger partial charge in [-0.05, 0) is 35.8 Å². The van der Waals surface area contributed by atoms with Crippen LogP contribution in [0.2, 0.25) is 10.0 Å².